The molecule has 0 radical (unpaired) electrons. The van der Waals surface area contributed by atoms with Crippen LogP contribution in [0.4, 0.5) is 4.79 Å². The average Bonchev–Trinajstić information content (AvgIpc) is 3.50. The third-order valence-electron chi connectivity index (χ3n) is 6.06. The number of thioether (sulfide) groups is 1. The molecule has 3 amide bonds. The molecule has 172 valence electrons. The van der Waals surface area contributed by atoms with Gasteiger partial charge in [0.05, 0.1) is 16.8 Å². The van der Waals surface area contributed by atoms with Crippen LogP contribution in [0.3, 0.4) is 0 Å². The molecule has 0 unspecified atom stereocenters. The number of aryl methyl sites for hydroxylation is 4. The van der Waals surface area contributed by atoms with E-state index in [1.807, 2.05) is 32.0 Å². The number of imide groups is 1. The molecule has 2 N–H and O–H groups in total. The summed E-state index contributed by atoms with van der Waals surface area (Å²) >= 11 is 2.78. The van der Waals surface area contributed by atoms with Crippen molar-refractivity contribution < 1.29 is 9.59 Å². The number of fused-ring (bicyclic) bond motifs is 3. The molecule has 1 fully saturated rings. The molecule has 0 atom stereocenters. The molecule has 2 aliphatic carbocycles. The summed E-state index contributed by atoms with van der Waals surface area (Å²) in [6.45, 7) is 3.96. The Morgan fingerprint density at radius 3 is 2.79 bits per heavy atom. The normalized spacial score (nSPS) is 15.3. The second kappa shape index (κ2) is 8.95. The molecule has 0 aliphatic heterocycles. The number of nitrogens with one attached hydrogen (secondary N) is 2. The highest BCUT2D eigenvalue weighted by molar-refractivity contribution is 7.99. The quantitative estimate of drug-likeness (QED) is 0.423. The molecule has 5 rings (SSSR count). The molecule has 1 aromatic carbocycles. The van der Waals surface area contributed by atoms with Crippen molar-refractivity contribution in [3.05, 3.63) is 50.1 Å². The summed E-state index contributed by atoms with van der Waals surface area (Å²) in [6.07, 6.45) is 6.02. The summed E-state index contributed by atoms with van der Waals surface area (Å²) in [6, 6.07) is 5.70. The van der Waals surface area contributed by atoms with Gasteiger partial charge in [0.25, 0.3) is 5.56 Å². The van der Waals surface area contributed by atoms with E-state index in [0.29, 0.717) is 10.5 Å². The Morgan fingerprint density at radius 1 is 1.21 bits per heavy atom. The van der Waals surface area contributed by atoms with Crippen LogP contribution in [0.5, 0.6) is 0 Å². The zero-order valence-corrected chi connectivity index (χ0v) is 20.3. The maximum Gasteiger partial charge on any atom is 0.321 e. The highest BCUT2D eigenvalue weighted by Crippen LogP contribution is 2.35. The fourth-order valence-corrected chi connectivity index (χ4v) is 6.31. The highest BCUT2D eigenvalue weighted by atomic mass is 32.2. The third kappa shape index (κ3) is 4.56. The van der Waals surface area contributed by atoms with Gasteiger partial charge in [0, 0.05) is 10.9 Å². The molecule has 9 heteroatoms. The zero-order chi connectivity index (χ0) is 23.1. The van der Waals surface area contributed by atoms with E-state index in [4.69, 9.17) is 4.98 Å². The van der Waals surface area contributed by atoms with E-state index in [9.17, 15) is 14.4 Å². The lowest BCUT2D eigenvalue weighted by molar-refractivity contribution is -0.117. The van der Waals surface area contributed by atoms with Gasteiger partial charge in [-0.05, 0) is 75.1 Å². The third-order valence-corrected chi connectivity index (χ3v) is 8.19. The highest BCUT2D eigenvalue weighted by Gasteiger charge is 2.25. The largest absolute Gasteiger partial charge is 0.335 e. The summed E-state index contributed by atoms with van der Waals surface area (Å²) in [5.41, 5.74) is 3.84. The van der Waals surface area contributed by atoms with Crippen LogP contribution in [0.25, 0.3) is 15.9 Å². The lowest BCUT2D eigenvalue weighted by Gasteiger charge is -2.16. The van der Waals surface area contributed by atoms with Gasteiger partial charge >= 0.3 is 6.03 Å². The Bertz CT molecular complexity index is 1320. The van der Waals surface area contributed by atoms with Gasteiger partial charge in [0.15, 0.2) is 5.16 Å². The maximum atomic E-state index is 13.8. The molecule has 33 heavy (non-hydrogen) atoms. The topological polar surface area (TPSA) is 93.1 Å². The van der Waals surface area contributed by atoms with Gasteiger partial charge in [0.1, 0.15) is 4.83 Å². The number of rotatable bonds is 5. The molecular weight excluding hydrogens is 456 g/mol. The molecule has 0 spiro atoms. The van der Waals surface area contributed by atoms with E-state index in [1.165, 1.54) is 16.6 Å². The Morgan fingerprint density at radius 2 is 2.00 bits per heavy atom. The SMILES string of the molecule is Cc1ccc(C)c(-n2c(SCC(=O)NC(=O)NC3CC3)nc3sc4c(c3c2=O)CCCC4)c1. The van der Waals surface area contributed by atoms with Gasteiger partial charge in [-0.15, -0.1) is 11.3 Å². The molecule has 3 aromatic rings. The van der Waals surface area contributed by atoms with Crippen molar-refractivity contribution in [3.8, 4) is 5.69 Å². The fraction of sp³-hybridized carbons (Fsp3) is 0.417. The van der Waals surface area contributed by atoms with Gasteiger partial charge in [-0.1, -0.05) is 23.9 Å². The maximum absolute atomic E-state index is 13.8. The first kappa shape index (κ1) is 22.2. The van der Waals surface area contributed by atoms with Crippen LogP contribution in [0.2, 0.25) is 0 Å². The van der Waals surface area contributed by atoms with Crippen LogP contribution in [0.1, 0.15) is 47.3 Å². The van der Waals surface area contributed by atoms with Crippen LogP contribution < -0.4 is 16.2 Å². The monoisotopic (exact) mass is 482 g/mol. The Hall–Kier alpha value is -2.65. The number of carbonyl (C=O) groups is 2. The summed E-state index contributed by atoms with van der Waals surface area (Å²) < 4.78 is 1.65. The smallest absolute Gasteiger partial charge is 0.321 e. The fourth-order valence-electron chi connectivity index (χ4n) is 4.20. The van der Waals surface area contributed by atoms with Gasteiger partial charge in [-0.2, -0.15) is 0 Å². The minimum atomic E-state index is -0.468. The van der Waals surface area contributed by atoms with Crippen LogP contribution in [0.15, 0.2) is 28.2 Å². The number of hydrogen-bond donors (Lipinski definition) is 2. The van der Waals surface area contributed by atoms with Crippen LogP contribution in [-0.4, -0.2) is 33.3 Å². The molecule has 0 saturated heterocycles. The van der Waals surface area contributed by atoms with Crippen molar-refractivity contribution in [2.24, 2.45) is 0 Å². The number of aromatic nitrogens is 2. The minimum absolute atomic E-state index is 0.00795. The van der Waals surface area contributed by atoms with E-state index < -0.39 is 11.9 Å². The summed E-state index contributed by atoms with van der Waals surface area (Å²) in [5, 5.41) is 6.30. The average molecular weight is 483 g/mol. The van der Waals surface area contributed by atoms with Crippen molar-refractivity contribution in [2.75, 3.05) is 5.75 Å². The van der Waals surface area contributed by atoms with Crippen molar-refractivity contribution >= 4 is 45.3 Å². The second-order valence-electron chi connectivity index (χ2n) is 8.80. The van der Waals surface area contributed by atoms with Crippen molar-refractivity contribution in [2.45, 2.75) is 63.6 Å². The Kier molecular flexibility index (Phi) is 6.01. The van der Waals surface area contributed by atoms with E-state index >= 15 is 0 Å². The van der Waals surface area contributed by atoms with E-state index in [-0.39, 0.29) is 17.4 Å². The van der Waals surface area contributed by atoms with Crippen molar-refractivity contribution in [1.29, 1.82) is 0 Å². The Labute approximate surface area is 200 Å². The van der Waals surface area contributed by atoms with E-state index in [1.54, 1.807) is 15.9 Å². The predicted molar refractivity (Wildman–Crippen MR) is 132 cm³/mol. The Balaban J connectivity index is 1.53. The van der Waals surface area contributed by atoms with Crippen LogP contribution >= 0.6 is 23.1 Å². The standard InChI is InChI=1S/C24H26N4O3S2/c1-13-7-8-14(2)17(11-13)28-22(30)20-16-5-3-4-6-18(16)33-21(20)27-24(28)32-12-19(29)26-23(31)25-15-9-10-15/h7-8,11,15H,3-6,9-10,12H2,1-2H3,(H2,25,26,29,31). The van der Waals surface area contributed by atoms with Gasteiger partial charge in [-0.25, -0.2) is 9.78 Å². The van der Waals surface area contributed by atoms with Crippen LogP contribution in [0, 0.1) is 13.8 Å². The van der Waals surface area contributed by atoms with Gasteiger partial charge in [0.2, 0.25) is 5.91 Å². The minimum Gasteiger partial charge on any atom is -0.335 e. The first-order chi connectivity index (χ1) is 15.9. The first-order valence-corrected chi connectivity index (χ1v) is 13.1. The number of carbonyl (C=O) groups excluding carboxylic acids is 2. The van der Waals surface area contributed by atoms with Gasteiger partial charge < -0.3 is 5.32 Å². The summed E-state index contributed by atoms with van der Waals surface area (Å²) in [4.78, 5) is 45.0. The number of hydrogen-bond acceptors (Lipinski definition) is 6. The molecule has 2 aromatic heterocycles. The molecule has 0 bridgehead atoms. The molecule has 2 aliphatic rings. The number of urea groups is 1. The number of amides is 3. The predicted octanol–water partition coefficient (Wildman–Crippen LogP) is 4.02. The number of benzene rings is 1. The summed E-state index contributed by atoms with van der Waals surface area (Å²) in [7, 11) is 0. The van der Waals surface area contributed by atoms with E-state index in [2.05, 4.69) is 10.6 Å². The molecule has 2 heterocycles. The first-order valence-electron chi connectivity index (χ1n) is 11.3. The lowest BCUT2D eigenvalue weighted by atomic mass is 9.97. The van der Waals surface area contributed by atoms with Crippen LogP contribution in [-0.2, 0) is 17.6 Å². The molecule has 7 nitrogen and oxygen atoms in total. The molecular formula is C24H26N4O3S2. The van der Waals surface area contributed by atoms with Crippen molar-refractivity contribution in [3.63, 3.8) is 0 Å². The zero-order valence-electron chi connectivity index (χ0n) is 18.7. The number of thiophene rings is 1. The molecule has 1 saturated carbocycles. The van der Waals surface area contributed by atoms with E-state index in [0.717, 1.165) is 65.7 Å². The lowest BCUT2D eigenvalue weighted by Crippen LogP contribution is -2.41. The summed E-state index contributed by atoms with van der Waals surface area (Å²) in [5.74, 6) is -0.420. The number of nitrogens with zero attached hydrogens (tertiary/aromatic N) is 2. The second-order valence-corrected chi connectivity index (χ2v) is 10.8. The van der Waals surface area contributed by atoms with Gasteiger partial charge in [-0.3, -0.25) is 19.5 Å². The van der Waals surface area contributed by atoms with Crippen molar-refractivity contribution in [1.82, 2.24) is 20.2 Å².